The number of pyridine rings is 1. The number of aliphatic hydroxyl groups is 1. The molecule has 3 heteroatoms. The van der Waals surface area contributed by atoms with Gasteiger partial charge in [-0.15, -0.1) is 0 Å². The number of nitrogens with one attached hydrogen (secondary N) is 1. The first-order valence-electron chi connectivity index (χ1n) is 6.39. The van der Waals surface area contributed by atoms with Gasteiger partial charge in [0.2, 0.25) is 0 Å². The lowest BCUT2D eigenvalue weighted by Gasteiger charge is -2.24. The lowest BCUT2D eigenvalue weighted by Crippen LogP contribution is -2.33. The van der Waals surface area contributed by atoms with Crippen LogP contribution in [-0.2, 0) is 0 Å². The molecule has 0 aromatic carbocycles. The summed E-state index contributed by atoms with van der Waals surface area (Å²) in [4.78, 5) is 4.46. The first-order valence-corrected chi connectivity index (χ1v) is 6.39. The van der Waals surface area contributed by atoms with Crippen molar-refractivity contribution in [3.63, 3.8) is 0 Å². The molecule has 3 nitrogen and oxygen atoms in total. The zero-order chi connectivity index (χ0) is 12.8. The summed E-state index contributed by atoms with van der Waals surface area (Å²) in [5, 5.41) is 13.0. The third-order valence-corrected chi connectivity index (χ3v) is 3.06. The van der Waals surface area contributed by atoms with Crippen LogP contribution in [0.4, 0.5) is 0 Å². The molecule has 0 saturated heterocycles. The highest BCUT2D eigenvalue weighted by Crippen LogP contribution is 2.22. The van der Waals surface area contributed by atoms with Crippen molar-refractivity contribution in [2.75, 3.05) is 6.54 Å². The maximum atomic E-state index is 9.62. The molecule has 2 atom stereocenters. The minimum atomic E-state index is -0.278. The van der Waals surface area contributed by atoms with Crippen LogP contribution < -0.4 is 5.32 Å². The van der Waals surface area contributed by atoms with Gasteiger partial charge in [0.15, 0.2) is 0 Å². The van der Waals surface area contributed by atoms with Crippen molar-refractivity contribution in [2.24, 2.45) is 5.92 Å². The fourth-order valence-corrected chi connectivity index (χ4v) is 1.88. The molecule has 0 amide bonds. The lowest BCUT2D eigenvalue weighted by atomic mass is 9.97. The molecule has 1 aromatic rings. The molecule has 0 saturated carbocycles. The number of aliphatic hydroxyl groups excluding tert-OH is 1. The first-order chi connectivity index (χ1) is 8.06. The zero-order valence-corrected chi connectivity index (χ0v) is 11.3. The van der Waals surface area contributed by atoms with Gasteiger partial charge in [0, 0.05) is 12.7 Å². The summed E-state index contributed by atoms with van der Waals surface area (Å²) in [6, 6.07) is 4.24. The van der Waals surface area contributed by atoms with Crippen LogP contribution in [0.2, 0.25) is 0 Å². The van der Waals surface area contributed by atoms with Gasteiger partial charge in [-0.2, -0.15) is 0 Å². The van der Waals surface area contributed by atoms with Gasteiger partial charge < -0.3 is 10.4 Å². The van der Waals surface area contributed by atoms with E-state index in [1.807, 2.05) is 19.2 Å². The maximum absolute atomic E-state index is 9.62. The number of hydrogen-bond donors (Lipinski definition) is 2. The summed E-state index contributed by atoms with van der Waals surface area (Å²) in [6.07, 6.45) is 2.33. The first kappa shape index (κ1) is 14.1. The molecule has 1 aromatic heterocycles. The van der Waals surface area contributed by atoms with Crippen molar-refractivity contribution in [1.82, 2.24) is 10.3 Å². The molecule has 0 aliphatic rings. The van der Waals surface area contributed by atoms with Gasteiger partial charge in [-0.3, -0.25) is 4.98 Å². The molecular formula is C14H24N2O. The largest absolute Gasteiger partial charge is 0.392 e. The molecule has 2 N–H and O–H groups in total. The summed E-state index contributed by atoms with van der Waals surface area (Å²) < 4.78 is 0. The predicted molar refractivity (Wildman–Crippen MR) is 70.9 cm³/mol. The van der Waals surface area contributed by atoms with Crippen LogP contribution in [-0.4, -0.2) is 22.7 Å². The van der Waals surface area contributed by atoms with Crippen LogP contribution in [0, 0.1) is 12.8 Å². The van der Waals surface area contributed by atoms with E-state index in [4.69, 9.17) is 0 Å². The van der Waals surface area contributed by atoms with E-state index in [9.17, 15) is 5.11 Å². The number of nitrogens with zero attached hydrogens (tertiary/aromatic N) is 1. The van der Waals surface area contributed by atoms with Crippen molar-refractivity contribution < 1.29 is 5.11 Å². The van der Waals surface area contributed by atoms with Crippen molar-refractivity contribution in [2.45, 2.75) is 46.3 Å². The predicted octanol–water partition coefficient (Wildman–Crippen LogP) is 2.45. The van der Waals surface area contributed by atoms with Gasteiger partial charge in [0.25, 0.3) is 0 Å². The monoisotopic (exact) mass is 236 g/mol. The van der Waals surface area contributed by atoms with Gasteiger partial charge >= 0.3 is 0 Å². The fourth-order valence-electron chi connectivity index (χ4n) is 1.88. The molecule has 0 bridgehead atoms. The maximum Gasteiger partial charge on any atom is 0.0662 e. The summed E-state index contributed by atoms with van der Waals surface area (Å²) >= 11 is 0. The molecule has 17 heavy (non-hydrogen) atoms. The number of hydrogen-bond acceptors (Lipinski definition) is 3. The third kappa shape index (κ3) is 4.10. The van der Waals surface area contributed by atoms with Gasteiger partial charge in [0.1, 0.15) is 0 Å². The second kappa shape index (κ2) is 6.72. The zero-order valence-electron chi connectivity index (χ0n) is 11.3. The Morgan fingerprint density at radius 3 is 2.65 bits per heavy atom. The number of rotatable bonds is 6. The van der Waals surface area contributed by atoms with Crippen LogP contribution in [0.3, 0.4) is 0 Å². The third-order valence-electron chi connectivity index (χ3n) is 3.06. The molecule has 0 spiro atoms. The second-order valence-electron chi connectivity index (χ2n) is 4.90. The Morgan fingerprint density at radius 1 is 1.41 bits per heavy atom. The Hall–Kier alpha value is -0.930. The van der Waals surface area contributed by atoms with Crippen molar-refractivity contribution >= 4 is 0 Å². The molecule has 0 aliphatic heterocycles. The highest BCUT2D eigenvalue weighted by Gasteiger charge is 2.19. The molecule has 0 aliphatic carbocycles. The smallest absolute Gasteiger partial charge is 0.0662 e. The molecular weight excluding hydrogens is 212 g/mol. The molecule has 0 fully saturated rings. The Balaban J connectivity index is 2.76. The quantitative estimate of drug-likeness (QED) is 0.797. The van der Waals surface area contributed by atoms with Crippen LogP contribution in [0.15, 0.2) is 18.3 Å². The van der Waals surface area contributed by atoms with Crippen LogP contribution in [0.25, 0.3) is 0 Å². The van der Waals surface area contributed by atoms with Crippen molar-refractivity contribution in [1.29, 1.82) is 0 Å². The van der Waals surface area contributed by atoms with E-state index < -0.39 is 0 Å². The van der Waals surface area contributed by atoms with Crippen LogP contribution in [0.1, 0.15) is 44.5 Å². The average molecular weight is 236 g/mol. The molecule has 96 valence electrons. The lowest BCUT2D eigenvalue weighted by molar-refractivity contribution is 0.158. The Kier molecular flexibility index (Phi) is 5.59. The average Bonchev–Trinajstić information content (AvgIpc) is 2.30. The van der Waals surface area contributed by atoms with E-state index in [1.54, 1.807) is 0 Å². The second-order valence-corrected chi connectivity index (χ2v) is 4.90. The Labute approximate surface area is 104 Å². The summed E-state index contributed by atoms with van der Waals surface area (Å²) in [7, 11) is 0. The summed E-state index contributed by atoms with van der Waals surface area (Å²) in [5.41, 5.74) is 2.29. The van der Waals surface area contributed by atoms with Crippen molar-refractivity contribution in [3.05, 3.63) is 29.6 Å². The minimum absolute atomic E-state index is 0.206. The van der Waals surface area contributed by atoms with Gasteiger partial charge in [0.05, 0.1) is 17.8 Å². The molecule has 1 rings (SSSR count). The Morgan fingerprint density at radius 2 is 2.12 bits per heavy atom. The number of aromatic nitrogens is 1. The molecule has 0 radical (unpaired) electrons. The minimum Gasteiger partial charge on any atom is -0.392 e. The van der Waals surface area contributed by atoms with E-state index in [0.717, 1.165) is 12.1 Å². The normalized spacial score (nSPS) is 14.9. The van der Waals surface area contributed by atoms with Gasteiger partial charge in [-0.1, -0.05) is 26.8 Å². The van der Waals surface area contributed by atoms with E-state index in [1.165, 1.54) is 5.56 Å². The van der Waals surface area contributed by atoms with E-state index >= 15 is 0 Å². The van der Waals surface area contributed by atoms with E-state index in [-0.39, 0.29) is 12.1 Å². The summed E-state index contributed by atoms with van der Waals surface area (Å²) in [6.45, 7) is 9.03. The molecule has 1 heterocycles. The topological polar surface area (TPSA) is 45.1 Å². The highest BCUT2D eigenvalue weighted by atomic mass is 16.3. The van der Waals surface area contributed by atoms with E-state index in [2.05, 4.69) is 37.1 Å². The summed E-state index contributed by atoms with van der Waals surface area (Å²) in [5.74, 6) is 0.452. The van der Waals surface area contributed by atoms with Crippen molar-refractivity contribution in [3.8, 4) is 0 Å². The van der Waals surface area contributed by atoms with Gasteiger partial charge in [-0.25, -0.2) is 0 Å². The van der Waals surface area contributed by atoms with Crippen LogP contribution in [0.5, 0.6) is 0 Å². The van der Waals surface area contributed by atoms with E-state index in [0.29, 0.717) is 12.5 Å². The fraction of sp³-hybridized carbons (Fsp3) is 0.643. The van der Waals surface area contributed by atoms with Crippen LogP contribution >= 0.6 is 0 Å². The van der Waals surface area contributed by atoms with Gasteiger partial charge in [-0.05, 0) is 30.9 Å². The number of aryl methyl sites for hydroxylation is 1. The Bertz CT molecular complexity index is 339. The molecule has 1 unspecified atom stereocenters. The highest BCUT2D eigenvalue weighted by molar-refractivity contribution is 5.21. The SMILES string of the molecule is CC[C@@H](O)CNC(c1ncccc1C)C(C)C. The standard InChI is InChI=1S/C14H24N2O/c1-5-12(17)9-16-13(10(2)3)14-11(4)7-6-8-15-14/h6-8,10,12-13,16-17H,5,9H2,1-4H3/t12-,13?/m1/s1.